The van der Waals surface area contributed by atoms with Crippen LogP contribution in [-0.2, 0) is 0 Å². The van der Waals surface area contributed by atoms with Crippen molar-refractivity contribution < 1.29 is 0 Å². The van der Waals surface area contributed by atoms with Gasteiger partial charge in [0.05, 0.1) is 4.83 Å². The Bertz CT molecular complexity index is 395. The SMILES string of the molecule is Cc1cc(C(Br)c2cccs2)sc1C. The first-order chi connectivity index (χ1) is 6.68. The average Bonchev–Trinajstić information content (AvgIpc) is 2.76. The Morgan fingerprint density at radius 3 is 2.57 bits per heavy atom. The summed E-state index contributed by atoms with van der Waals surface area (Å²) in [6.45, 7) is 4.35. The molecule has 0 nitrogen and oxygen atoms in total. The Balaban J connectivity index is 2.32. The molecule has 0 aliphatic carbocycles. The predicted molar refractivity (Wildman–Crippen MR) is 68.9 cm³/mol. The van der Waals surface area contributed by atoms with E-state index in [2.05, 4.69) is 53.4 Å². The maximum Gasteiger partial charge on any atom is 0.0831 e. The van der Waals surface area contributed by atoms with E-state index in [0.717, 1.165) is 0 Å². The summed E-state index contributed by atoms with van der Waals surface area (Å²) in [5.41, 5.74) is 1.39. The van der Waals surface area contributed by atoms with Gasteiger partial charge in [0.2, 0.25) is 0 Å². The molecule has 0 fully saturated rings. The molecule has 0 radical (unpaired) electrons. The molecule has 14 heavy (non-hydrogen) atoms. The molecule has 0 bridgehead atoms. The molecule has 0 aliphatic heterocycles. The molecular formula is C11H11BrS2. The average molecular weight is 287 g/mol. The van der Waals surface area contributed by atoms with Crippen LogP contribution >= 0.6 is 38.6 Å². The van der Waals surface area contributed by atoms with E-state index >= 15 is 0 Å². The summed E-state index contributed by atoms with van der Waals surface area (Å²) in [5, 5.41) is 2.12. The van der Waals surface area contributed by atoms with E-state index in [1.807, 2.05) is 11.3 Å². The van der Waals surface area contributed by atoms with Gasteiger partial charge in [0.25, 0.3) is 0 Å². The minimum Gasteiger partial charge on any atom is -0.147 e. The van der Waals surface area contributed by atoms with Gasteiger partial charge in [0.1, 0.15) is 0 Å². The number of aryl methyl sites for hydroxylation is 2. The normalized spacial score (nSPS) is 13.1. The van der Waals surface area contributed by atoms with Crippen molar-refractivity contribution >= 4 is 38.6 Å². The summed E-state index contributed by atoms with van der Waals surface area (Å²) in [6, 6.07) is 6.55. The molecule has 1 atom stereocenters. The summed E-state index contributed by atoms with van der Waals surface area (Å²) in [4.78, 5) is 4.58. The number of halogens is 1. The van der Waals surface area contributed by atoms with Crippen LogP contribution in [0.4, 0.5) is 0 Å². The molecule has 2 aromatic rings. The highest BCUT2D eigenvalue weighted by molar-refractivity contribution is 9.09. The van der Waals surface area contributed by atoms with Gasteiger partial charge in [-0.3, -0.25) is 0 Å². The maximum absolute atomic E-state index is 3.74. The van der Waals surface area contributed by atoms with Crippen LogP contribution in [0, 0.1) is 13.8 Å². The first-order valence-electron chi connectivity index (χ1n) is 4.43. The van der Waals surface area contributed by atoms with Crippen LogP contribution in [0.2, 0.25) is 0 Å². The lowest BCUT2D eigenvalue weighted by atomic mass is 10.2. The largest absolute Gasteiger partial charge is 0.147 e. The third-order valence-corrected chi connectivity index (χ3v) is 5.98. The highest BCUT2D eigenvalue weighted by Crippen LogP contribution is 2.38. The molecule has 0 N–H and O–H groups in total. The molecule has 0 aromatic carbocycles. The predicted octanol–water partition coefficient (Wildman–Crippen LogP) is 4.91. The zero-order valence-corrected chi connectivity index (χ0v) is 11.3. The Morgan fingerprint density at radius 1 is 1.29 bits per heavy atom. The van der Waals surface area contributed by atoms with Crippen molar-refractivity contribution in [2.24, 2.45) is 0 Å². The van der Waals surface area contributed by atoms with E-state index in [1.165, 1.54) is 20.2 Å². The molecule has 1 unspecified atom stereocenters. The van der Waals surface area contributed by atoms with E-state index in [1.54, 1.807) is 11.3 Å². The van der Waals surface area contributed by atoms with Crippen LogP contribution in [-0.4, -0.2) is 0 Å². The third-order valence-electron chi connectivity index (χ3n) is 2.23. The van der Waals surface area contributed by atoms with E-state index in [9.17, 15) is 0 Å². The Hall–Kier alpha value is -0.120. The molecule has 0 amide bonds. The van der Waals surface area contributed by atoms with Gasteiger partial charge in [-0.15, -0.1) is 22.7 Å². The third kappa shape index (κ3) is 1.95. The zero-order chi connectivity index (χ0) is 10.1. The van der Waals surface area contributed by atoms with Crippen molar-refractivity contribution in [3.05, 3.63) is 43.8 Å². The van der Waals surface area contributed by atoms with Crippen LogP contribution < -0.4 is 0 Å². The summed E-state index contributed by atoms with van der Waals surface area (Å²) in [6.07, 6.45) is 0. The summed E-state index contributed by atoms with van der Waals surface area (Å²) in [7, 11) is 0. The molecule has 2 heterocycles. The minimum atomic E-state index is 0.375. The molecule has 3 heteroatoms. The fraction of sp³-hybridized carbons (Fsp3) is 0.273. The molecule has 2 aromatic heterocycles. The highest BCUT2D eigenvalue weighted by Gasteiger charge is 2.14. The lowest BCUT2D eigenvalue weighted by molar-refractivity contribution is 1.28. The number of hydrogen-bond acceptors (Lipinski definition) is 2. The summed E-state index contributed by atoms with van der Waals surface area (Å²) < 4.78 is 0. The second kappa shape index (κ2) is 4.17. The van der Waals surface area contributed by atoms with Crippen molar-refractivity contribution in [3.63, 3.8) is 0 Å². The van der Waals surface area contributed by atoms with Gasteiger partial charge in [0, 0.05) is 14.6 Å². The van der Waals surface area contributed by atoms with Crippen LogP contribution in [0.25, 0.3) is 0 Å². The van der Waals surface area contributed by atoms with Crippen LogP contribution in [0.1, 0.15) is 25.0 Å². The van der Waals surface area contributed by atoms with Gasteiger partial charge in [-0.05, 0) is 36.9 Å². The first kappa shape index (κ1) is 10.4. The van der Waals surface area contributed by atoms with Gasteiger partial charge in [-0.25, -0.2) is 0 Å². The van der Waals surface area contributed by atoms with E-state index in [0.29, 0.717) is 4.83 Å². The highest BCUT2D eigenvalue weighted by atomic mass is 79.9. The maximum atomic E-state index is 3.74. The van der Waals surface area contributed by atoms with Gasteiger partial charge >= 0.3 is 0 Å². The molecule has 2 rings (SSSR count). The fourth-order valence-corrected chi connectivity index (χ4v) is 4.02. The van der Waals surface area contributed by atoms with Crippen molar-refractivity contribution in [1.82, 2.24) is 0 Å². The van der Waals surface area contributed by atoms with E-state index in [-0.39, 0.29) is 0 Å². The number of rotatable bonds is 2. The van der Waals surface area contributed by atoms with Crippen molar-refractivity contribution in [2.75, 3.05) is 0 Å². The zero-order valence-electron chi connectivity index (χ0n) is 8.08. The van der Waals surface area contributed by atoms with Crippen LogP contribution in [0.5, 0.6) is 0 Å². The Labute approximate surface area is 101 Å². The van der Waals surface area contributed by atoms with Gasteiger partial charge in [0.15, 0.2) is 0 Å². The summed E-state index contributed by atoms with van der Waals surface area (Å²) in [5.74, 6) is 0. The van der Waals surface area contributed by atoms with Crippen LogP contribution in [0.3, 0.4) is 0 Å². The van der Waals surface area contributed by atoms with Gasteiger partial charge in [-0.2, -0.15) is 0 Å². The van der Waals surface area contributed by atoms with E-state index < -0.39 is 0 Å². The smallest absolute Gasteiger partial charge is 0.0831 e. The molecule has 74 valence electrons. The topological polar surface area (TPSA) is 0 Å². The lowest BCUT2D eigenvalue weighted by Gasteiger charge is -2.03. The summed E-state index contributed by atoms with van der Waals surface area (Å²) >= 11 is 7.42. The first-order valence-corrected chi connectivity index (χ1v) is 7.04. The Kier molecular flexibility index (Phi) is 3.10. The molecule has 0 aliphatic rings. The fourth-order valence-electron chi connectivity index (χ4n) is 1.30. The van der Waals surface area contributed by atoms with Crippen molar-refractivity contribution in [3.8, 4) is 0 Å². The second-order valence-electron chi connectivity index (χ2n) is 3.27. The number of alkyl halides is 1. The van der Waals surface area contributed by atoms with Crippen LogP contribution in [0.15, 0.2) is 23.6 Å². The molecule has 0 saturated carbocycles. The quantitative estimate of drug-likeness (QED) is 0.688. The van der Waals surface area contributed by atoms with Crippen molar-refractivity contribution in [1.29, 1.82) is 0 Å². The van der Waals surface area contributed by atoms with Crippen molar-refractivity contribution in [2.45, 2.75) is 18.7 Å². The monoisotopic (exact) mass is 286 g/mol. The number of hydrogen-bond donors (Lipinski definition) is 0. The van der Waals surface area contributed by atoms with Gasteiger partial charge < -0.3 is 0 Å². The van der Waals surface area contributed by atoms with Gasteiger partial charge in [-0.1, -0.05) is 22.0 Å². The van der Waals surface area contributed by atoms with E-state index in [4.69, 9.17) is 0 Å². The second-order valence-corrected chi connectivity index (χ2v) is 6.45. The molecule has 0 saturated heterocycles. The molecular weight excluding hydrogens is 276 g/mol. The number of thiophene rings is 2. The Morgan fingerprint density at radius 2 is 2.07 bits per heavy atom. The molecule has 0 spiro atoms. The standard InChI is InChI=1S/C11H11BrS2/c1-7-6-10(14-8(7)2)11(12)9-4-3-5-13-9/h3-6,11H,1-2H3. The lowest BCUT2D eigenvalue weighted by Crippen LogP contribution is -1.83. The minimum absolute atomic E-state index is 0.375.